The highest BCUT2D eigenvalue weighted by molar-refractivity contribution is 14.1. The van der Waals surface area contributed by atoms with E-state index in [1.54, 1.807) is 11.3 Å². The zero-order valence-electron chi connectivity index (χ0n) is 9.89. The molecule has 0 aliphatic rings. The molecule has 0 unspecified atom stereocenters. The van der Waals surface area contributed by atoms with E-state index in [0.29, 0.717) is 0 Å². The highest BCUT2D eigenvalue weighted by Crippen LogP contribution is 2.27. The SMILES string of the molecule is O=C(Nc1ccccc1I)c1csc2ccccc12. The molecule has 1 aromatic heterocycles. The highest BCUT2D eigenvalue weighted by Gasteiger charge is 2.12. The predicted octanol–water partition coefficient (Wildman–Crippen LogP) is 4.76. The fraction of sp³-hybridized carbons (Fsp3) is 0. The van der Waals surface area contributed by atoms with Crippen molar-refractivity contribution in [2.24, 2.45) is 0 Å². The number of thiophene rings is 1. The molecule has 1 N–H and O–H groups in total. The summed E-state index contributed by atoms with van der Waals surface area (Å²) >= 11 is 3.81. The van der Waals surface area contributed by atoms with Crippen molar-refractivity contribution in [3.05, 3.63) is 63.0 Å². The van der Waals surface area contributed by atoms with Crippen LogP contribution >= 0.6 is 33.9 Å². The van der Waals surface area contributed by atoms with E-state index in [9.17, 15) is 4.79 Å². The molecule has 0 fully saturated rings. The number of carbonyl (C=O) groups is 1. The number of nitrogens with one attached hydrogen (secondary N) is 1. The minimum atomic E-state index is -0.0541. The van der Waals surface area contributed by atoms with Crippen LogP contribution in [0.4, 0.5) is 5.69 Å². The average molecular weight is 379 g/mol. The van der Waals surface area contributed by atoms with Gasteiger partial charge in [-0.25, -0.2) is 0 Å². The van der Waals surface area contributed by atoms with Crippen LogP contribution in [0.15, 0.2) is 53.9 Å². The molecule has 0 aliphatic heterocycles. The first kappa shape index (κ1) is 12.6. The molecule has 2 aromatic carbocycles. The molecule has 19 heavy (non-hydrogen) atoms. The number of hydrogen-bond donors (Lipinski definition) is 1. The van der Waals surface area contributed by atoms with Gasteiger partial charge >= 0.3 is 0 Å². The van der Waals surface area contributed by atoms with Gasteiger partial charge in [0.25, 0.3) is 5.91 Å². The molecule has 0 bridgehead atoms. The van der Waals surface area contributed by atoms with E-state index in [1.807, 2.05) is 53.9 Å². The summed E-state index contributed by atoms with van der Waals surface area (Å²) in [5, 5.41) is 5.89. The van der Waals surface area contributed by atoms with Crippen LogP contribution in [0.5, 0.6) is 0 Å². The Morgan fingerprint density at radius 1 is 1.05 bits per heavy atom. The number of anilines is 1. The summed E-state index contributed by atoms with van der Waals surface area (Å²) in [6, 6.07) is 15.7. The van der Waals surface area contributed by atoms with Gasteiger partial charge < -0.3 is 5.32 Å². The van der Waals surface area contributed by atoms with Crippen LogP contribution in [0, 0.1) is 3.57 Å². The third-order valence-corrected chi connectivity index (χ3v) is 4.75. The van der Waals surface area contributed by atoms with Crippen LogP contribution in [-0.4, -0.2) is 5.91 Å². The number of amides is 1. The van der Waals surface area contributed by atoms with Crippen molar-refractivity contribution in [3.63, 3.8) is 0 Å². The number of carbonyl (C=O) groups excluding carboxylic acids is 1. The van der Waals surface area contributed by atoms with Crippen LogP contribution in [0.25, 0.3) is 10.1 Å². The van der Waals surface area contributed by atoms with Gasteiger partial charge in [0.15, 0.2) is 0 Å². The van der Waals surface area contributed by atoms with Gasteiger partial charge in [0.05, 0.1) is 11.3 Å². The lowest BCUT2D eigenvalue weighted by atomic mass is 10.1. The van der Waals surface area contributed by atoms with Gasteiger partial charge in [0.2, 0.25) is 0 Å². The normalized spacial score (nSPS) is 10.6. The fourth-order valence-electron chi connectivity index (χ4n) is 1.91. The lowest BCUT2D eigenvalue weighted by molar-refractivity contribution is 0.102. The molecule has 1 heterocycles. The summed E-state index contributed by atoms with van der Waals surface area (Å²) in [5.41, 5.74) is 1.59. The van der Waals surface area contributed by atoms with Crippen molar-refractivity contribution in [1.82, 2.24) is 0 Å². The van der Waals surface area contributed by atoms with Gasteiger partial charge in [0.1, 0.15) is 0 Å². The van der Waals surface area contributed by atoms with E-state index in [4.69, 9.17) is 0 Å². The molecule has 1 amide bonds. The second-order valence-electron chi connectivity index (χ2n) is 4.08. The number of benzene rings is 2. The maximum atomic E-state index is 12.3. The van der Waals surface area contributed by atoms with Crippen LogP contribution in [0.1, 0.15) is 10.4 Å². The fourth-order valence-corrected chi connectivity index (χ4v) is 3.37. The first-order chi connectivity index (χ1) is 9.25. The number of hydrogen-bond acceptors (Lipinski definition) is 2. The molecule has 0 spiro atoms. The smallest absolute Gasteiger partial charge is 0.257 e. The van der Waals surface area contributed by atoms with Crippen LogP contribution in [-0.2, 0) is 0 Å². The minimum absolute atomic E-state index is 0.0541. The van der Waals surface area contributed by atoms with Gasteiger partial charge in [-0.15, -0.1) is 11.3 Å². The number of halogens is 1. The van der Waals surface area contributed by atoms with E-state index in [2.05, 4.69) is 27.9 Å². The molecular formula is C15H10INOS. The standard InChI is InChI=1S/C15H10INOS/c16-12-6-2-3-7-13(12)17-15(18)11-9-19-14-8-4-1-5-10(11)14/h1-9H,(H,17,18). The van der Waals surface area contributed by atoms with Gasteiger partial charge in [-0.05, 0) is 40.8 Å². The largest absolute Gasteiger partial charge is 0.321 e. The summed E-state index contributed by atoms with van der Waals surface area (Å²) in [6.45, 7) is 0. The Morgan fingerprint density at radius 2 is 1.79 bits per heavy atom. The van der Waals surface area contributed by atoms with Gasteiger partial charge in [0, 0.05) is 19.0 Å². The molecule has 4 heteroatoms. The third kappa shape index (κ3) is 2.50. The molecule has 3 aromatic rings. The van der Waals surface area contributed by atoms with Gasteiger partial charge in [-0.1, -0.05) is 30.3 Å². The first-order valence-corrected chi connectivity index (χ1v) is 7.73. The number of para-hydroxylation sites is 1. The summed E-state index contributed by atoms with van der Waals surface area (Å²) in [5.74, 6) is -0.0541. The Balaban J connectivity index is 1.95. The molecule has 0 saturated heterocycles. The summed E-state index contributed by atoms with van der Waals surface area (Å²) < 4.78 is 2.17. The van der Waals surface area contributed by atoms with E-state index in [-0.39, 0.29) is 5.91 Å². The monoisotopic (exact) mass is 379 g/mol. The van der Waals surface area contributed by atoms with Crippen molar-refractivity contribution >= 4 is 55.6 Å². The van der Waals surface area contributed by atoms with Gasteiger partial charge in [-0.3, -0.25) is 4.79 Å². The minimum Gasteiger partial charge on any atom is -0.321 e. The lowest BCUT2D eigenvalue weighted by Gasteiger charge is -2.06. The maximum Gasteiger partial charge on any atom is 0.257 e. The Kier molecular flexibility index (Phi) is 3.52. The van der Waals surface area contributed by atoms with E-state index < -0.39 is 0 Å². The van der Waals surface area contributed by atoms with Crippen LogP contribution in [0.3, 0.4) is 0 Å². The Hall–Kier alpha value is -1.40. The Bertz CT molecular complexity index is 750. The first-order valence-electron chi connectivity index (χ1n) is 5.78. The number of fused-ring (bicyclic) bond motifs is 1. The highest BCUT2D eigenvalue weighted by atomic mass is 127. The molecule has 3 rings (SSSR count). The predicted molar refractivity (Wildman–Crippen MR) is 88.9 cm³/mol. The van der Waals surface area contributed by atoms with E-state index >= 15 is 0 Å². The second-order valence-corrected chi connectivity index (χ2v) is 6.15. The zero-order chi connectivity index (χ0) is 13.2. The number of rotatable bonds is 2. The topological polar surface area (TPSA) is 29.1 Å². The molecule has 0 atom stereocenters. The Labute approximate surface area is 128 Å². The van der Waals surface area contributed by atoms with Gasteiger partial charge in [-0.2, -0.15) is 0 Å². The summed E-state index contributed by atoms with van der Waals surface area (Å²) in [7, 11) is 0. The second kappa shape index (κ2) is 5.30. The molecule has 2 nitrogen and oxygen atoms in total. The molecule has 0 radical (unpaired) electrons. The van der Waals surface area contributed by atoms with E-state index in [0.717, 1.165) is 24.9 Å². The van der Waals surface area contributed by atoms with Crippen LogP contribution in [0.2, 0.25) is 0 Å². The third-order valence-electron chi connectivity index (χ3n) is 2.85. The average Bonchev–Trinajstić information content (AvgIpc) is 2.85. The van der Waals surface area contributed by atoms with Crippen LogP contribution < -0.4 is 5.32 Å². The quantitative estimate of drug-likeness (QED) is 0.640. The summed E-state index contributed by atoms with van der Waals surface area (Å²) in [4.78, 5) is 12.3. The van der Waals surface area contributed by atoms with Crippen molar-refractivity contribution in [2.75, 3.05) is 5.32 Å². The molecule has 94 valence electrons. The van der Waals surface area contributed by atoms with Crippen molar-refractivity contribution < 1.29 is 4.79 Å². The maximum absolute atomic E-state index is 12.3. The summed E-state index contributed by atoms with van der Waals surface area (Å²) in [6.07, 6.45) is 0. The Morgan fingerprint density at radius 3 is 2.63 bits per heavy atom. The molecule has 0 saturated carbocycles. The zero-order valence-corrected chi connectivity index (χ0v) is 12.9. The van der Waals surface area contributed by atoms with E-state index in [1.165, 1.54) is 0 Å². The van der Waals surface area contributed by atoms with Crippen molar-refractivity contribution in [2.45, 2.75) is 0 Å². The van der Waals surface area contributed by atoms with Crippen molar-refractivity contribution in [3.8, 4) is 0 Å². The van der Waals surface area contributed by atoms with Crippen molar-refractivity contribution in [1.29, 1.82) is 0 Å². The molecule has 0 aliphatic carbocycles. The lowest BCUT2D eigenvalue weighted by Crippen LogP contribution is -2.12. The molecular weight excluding hydrogens is 369 g/mol.